The fraction of sp³-hybridized carbons (Fsp3) is 0.133. The van der Waals surface area contributed by atoms with E-state index in [2.05, 4.69) is 15.2 Å². The number of aliphatic hydroxyl groups excluding tert-OH is 1. The number of aryl methyl sites for hydroxylation is 1. The zero-order valence-corrected chi connectivity index (χ0v) is 11.4. The molecule has 0 aliphatic heterocycles. The van der Waals surface area contributed by atoms with Crippen molar-refractivity contribution >= 4 is 12.4 Å². The average Bonchev–Trinajstić information content (AvgIpc) is 2.49. The van der Waals surface area contributed by atoms with Crippen LogP contribution >= 0.6 is 0 Å². The maximum atomic E-state index is 13.4. The lowest BCUT2D eigenvalue weighted by molar-refractivity contribution is 0.280. The van der Waals surface area contributed by atoms with Gasteiger partial charge in [0.15, 0.2) is 0 Å². The largest absolute Gasteiger partial charge is 0.505 e. The normalized spacial score (nSPS) is 11.6. The van der Waals surface area contributed by atoms with E-state index < -0.39 is 5.82 Å². The van der Waals surface area contributed by atoms with Crippen LogP contribution in [0.5, 0.6) is 5.75 Å². The highest BCUT2D eigenvalue weighted by Gasteiger charge is 2.08. The first-order chi connectivity index (χ1) is 10.1. The molecule has 0 saturated carbocycles. The Morgan fingerprint density at radius 1 is 1.24 bits per heavy atom. The summed E-state index contributed by atoms with van der Waals surface area (Å²) in [5, 5.41) is 26.6. The molecule has 0 fully saturated rings. The van der Waals surface area contributed by atoms with Gasteiger partial charge in [-0.15, -0.1) is 0 Å². The van der Waals surface area contributed by atoms with E-state index in [0.29, 0.717) is 22.4 Å². The first-order valence-corrected chi connectivity index (χ1v) is 6.22. The minimum atomic E-state index is -0.393. The topological polar surface area (TPSA) is 78.1 Å². The summed E-state index contributed by atoms with van der Waals surface area (Å²) < 4.78 is 13.4. The first-order valence-electron chi connectivity index (χ1n) is 6.22. The van der Waals surface area contributed by atoms with Gasteiger partial charge in [0.1, 0.15) is 11.6 Å². The molecule has 6 heteroatoms. The molecule has 0 atom stereocenters. The summed E-state index contributed by atoms with van der Waals surface area (Å²) in [6, 6.07) is 6.17. The second kappa shape index (κ2) is 6.71. The molecule has 21 heavy (non-hydrogen) atoms. The molecule has 2 aromatic rings. The van der Waals surface area contributed by atoms with E-state index in [4.69, 9.17) is 0 Å². The number of hydrogen-bond acceptors (Lipinski definition) is 5. The summed E-state index contributed by atoms with van der Waals surface area (Å²) in [5.74, 6) is -0.457. The Bertz CT molecular complexity index is 699. The number of rotatable bonds is 4. The lowest BCUT2D eigenvalue weighted by atomic mass is 10.1. The Hall–Kier alpha value is -2.60. The second-order valence-electron chi connectivity index (χ2n) is 4.30. The third-order valence-corrected chi connectivity index (χ3v) is 2.88. The molecule has 0 saturated heterocycles. The first kappa shape index (κ1) is 14.8. The molecule has 2 N–H and O–H groups in total. The molecule has 1 aromatic heterocycles. The molecule has 1 aromatic carbocycles. The fourth-order valence-corrected chi connectivity index (χ4v) is 1.69. The Kier molecular flexibility index (Phi) is 4.73. The highest BCUT2D eigenvalue weighted by Crippen LogP contribution is 2.21. The van der Waals surface area contributed by atoms with Crippen LogP contribution in [0.1, 0.15) is 22.4 Å². The van der Waals surface area contributed by atoms with Crippen molar-refractivity contribution in [3.63, 3.8) is 0 Å². The van der Waals surface area contributed by atoms with E-state index in [1.54, 1.807) is 25.1 Å². The molecule has 0 bridgehead atoms. The third-order valence-electron chi connectivity index (χ3n) is 2.88. The lowest BCUT2D eigenvalue weighted by Gasteiger charge is -2.06. The molecule has 0 amide bonds. The Morgan fingerprint density at radius 3 is 2.67 bits per heavy atom. The predicted octanol–water partition coefficient (Wildman–Crippen LogP) is 2.18. The summed E-state index contributed by atoms with van der Waals surface area (Å²) in [6.45, 7) is 1.36. The van der Waals surface area contributed by atoms with Gasteiger partial charge in [-0.3, -0.25) is 4.98 Å². The van der Waals surface area contributed by atoms with Crippen LogP contribution in [0.3, 0.4) is 0 Å². The van der Waals surface area contributed by atoms with Crippen molar-refractivity contribution in [2.24, 2.45) is 10.2 Å². The smallest absolute Gasteiger partial charge is 0.145 e. The van der Waals surface area contributed by atoms with Gasteiger partial charge in [0.05, 0.1) is 24.7 Å². The van der Waals surface area contributed by atoms with Crippen molar-refractivity contribution in [2.75, 3.05) is 0 Å². The van der Waals surface area contributed by atoms with Crippen molar-refractivity contribution in [3.8, 4) is 5.75 Å². The number of pyridine rings is 1. The van der Waals surface area contributed by atoms with Crippen molar-refractivity contribution in [1.82, 2.24) is 4.98 Å². The molecule has 2 rings (SSSR count). The van der Waals surface area contributed by atoms with Crippen molar-refractivity contribution in [1.29, 1.82) is 0 Å². The molecule has 5 nitrogen and oxygen atoms in total. The number of nitrogens with zero attached hydrogens (tertiary/aromatic N) is 3. The zero-order valence-electron chi connectivity index (χ0n) is 11.4. The maximum absolute atomic E-state index is 13.4. The van der Waals surface area contributed by atoms with Gasteiger partial charge in [0, 0.05) is 22.9 Å². The molecule has 0 spiro atoms. The SMILES string of the molecule is Cc1ncc(CO)c(/C=N/N=C\c2ccccc2F)c1O. The maximum Gasteiger partial charge on any atom is 0.145 e. The summed E-state index contributed by atoms with van der Waals surface area (Å²) >= 11 is 0. The average molecular weight is 287 g/mol. The van der Waals surface area contributed by atoms with Crippen LogP contribution in [0.25, 0.3) is 0 Å². The minimum absolute atomic E-state index is 0.0635. The summed E-state index contributed by atoms with van der Waals surface area (Å²) in [6.07, 6.45) is 4.03. The van der Waals surface area contributed by atoms with Crippen LogP contribution in [0.4, 0.5) is 4.39 Å². The standard InChI is InChI=1S/C15H14FN3O2/c1-10-15(21)13(12(9-20)6-17-10)8-19-18-7-11-4-2-3-5-14(11)16/h2-8,20-21H,9H2,1H3/b18-7-,19-8+. The molecular weight excluding hydrogens is 273 g/mol. The summed E-state index contributed by atoms with van der Waals surface area (Å²) in [4.78, 5) is 3.94. The van der Waals surface area contributed by atoms with Crippen molar-refractivity contribution in [2.45, 2.75) is 13.5 Å². The quantitative estimate of drug-likeness (QED) is 0.668. The number of aromatic hydroxyl groups is 1. The van der Waals surface area contributed by atoms with E-state index in [-0.39, 0.29) is 12.4 Å². The van der Waals surface area contributed by atoms with Gasteiger partial charge >= 0.3 is 0 Å². The van der Waals surface area contributed by atoms with Gasteiger partial charge in [-0.1, -0.05) is 18.2 Å². The van der Waals surface area contributed by atoms with E-state index in [1.165, 1.54) is 24.7 Å². The number of benzene rings is 1. The molecule has 0 aliphatic rings. The van der Waals surface area contributed by atoms with Gasteiger partial charge in [-0.05, 0) is 13.0 Å². The minimum Gasteiger partial charge on any atom is -0.505 e. The highest BCUT2D eigenvalue weighted by molar-refractivity contribution is 5.86. The third kappa shape index (κ3) is 3.49. The highest BCUT2D eigenvalue weighted by atomic mass is 19.1. The summed E-state index contributed by atoms with van der Waals surface area (Å²) in [7, 11) is 0. The molecule has 0 radical (unpaired) electrons. The fourth-order valence-electron chi connectivity index (χ4n) is 1.69. The van der Waals surface area contributed by atoms with Gasteiger partial charge in [-0.2, -0.15) is 10.2 Å². The van der Waals surface area contributed by atoms with E-state index >= 15 is 0 Å². The van der Waals surface area contributed by atoms with Gasteiger partial charge in [-0.25, -0.2) is 4.39 Å². The van der Waals surface area contributed by atoms with Crippen LogP contribution in [0.2, 0.25) is 0 Å². The summed E-state index contributed by atoms with van der Waals surface area (Å²) in [5.41, 5.74) is 1.51. The zero-order chi connectivity index (χ0) is 15.2. The lowest BCUT2D eigenvalue weighted by Crippen LogP contribution is -1.97. The van der Waals surface area contributed by atoms with Crippen LogP contribution in [-0.2, 0) is 6.61 Å². The monoisotopic (exact) mass is 287 g/mol. The van der Waals surface area contributed by atoms with Crippen molar-refractivity contribution in [3.05, 3.63) is 58.7 Å². The van der Waals surface area contributed by atoms with Gasteiger partial charge < -0.3 is 10.2 Å². The van der Waals surface area contributed by atoms with Gasteiger partial charge in [0.25, 0.3) is 0 Å². The van der Waals surface area contributed by atoms with Gasteiger partial charge in [0.2, 0.25) is 0 Å². The molecule has 0 unspecified atom stereocenters. The second-order valence-corrected chi connectivity index (χ2v) is 4.30. The molecule has 0 aliphatic carbocycles. The van der Waals surface area contributed by atoms with E-state index in [9.17, 15) is 14.6 Å². The number of aliphatic hydroxyl groups is 1. The molecular formula is C15H14FN3O2. The Labute approximate surface area is 121 Å². The predicted molar refractivity (Wildman–Crippen MR) is 78.1 cm³/mol. The Morgan fingerprint density at radius 2 is 1.95 bits per heavy atom. The number of halogens is 1. The van der Waals surface area contributed by atoms with Crippen molar-refractivity contribution < 1.29 is 14.6 Å². The van der Waals surface area contributed by atoms with Crippen LogP contribution < -0.4 is 0 Å². The number of hydrogen-bond donors (Lipinski definition) is 2. The number of aromatic nitrogens is 1. The Balaban J connectivity index is 2.23. The molecule has 108 valence electrons. The molecule has 1 heterocycles. The van der Waals surface area contributed by atoms with Crippen LogP contribution in [-0.4, -0.2) is 27.6 Å². The van der Waals surface area contributed by atoms with Crippen LogP contribution in [0, 0.1) is 12.7 Å². The van der Waals surface area contributed by atoms with E-state index in [0.717, 1.165) is 0 Å². The van der Waals surface area contributed by atoms with Crippen LogP contribution in [0.15, 0.2) is 40.7 Å². The van der Waals surface area contributed by atoms with E-state index in [1.807, 2.05) is 0 Å².